The van der Waals surface area contributed by atoms with Crippen molar-refractivity contribution in [1.29, 1.82) is 0 Å². The van der Waals surface area contributed by atoms with Crippen molar-refractivity contribution in [3.05, 3.63) is 22.6 Å². The summed E-state index contributed by atoms with van der Waals surface area (Å²) in [5.41, 5.74) is 7.99. The number of azide groups is 1. The Morgan fingerprint density at radius 1 is 1.33 bits per heavy atom. The molecular weight excluding hydrogens is 166 g/mol. The zero-order valence-corrected chi connectivity index (χ0v) is 9.12. The average Bonchev–Trinajstić information content (AvgIpc) is 1.94. The first kappa shape index (κ1) is 11.3. The van der Waals surface area contributed by atoms with Gasteiger partial charge in [-0.25, -0.2) is 0 Å². The van der Waals surface area contributed by atoms with Crippen LogP contribution in [0.3, 0.4) is 0 Å². The summed E-state index contributed by atoms with van der Waals surface area (Å²) < 4.78 is 0. The van der Waals surface area contributed by atoms with E-state index in [4.69, 9.17) is 5.53 Å². The molecule has 0 aliphatic rings. The molecule has 0 aliphatic carbocycles. The lowest BCUT2D eigenvalue weighted by molar-refractivity contribution is 0.990. The Hall–Kier alpha value is -0.733. The molecule has 0 rings (SSSR count). The van der Waals surface area contributed by atoms with Gasteiger partial charge in [0.2, 0.25) is 0 Å². The smallest absolute Gasteiger partial charge is 0.0480 e. The Labute approximate surface area is 75.1 Å². The summed E-state index contributed by atoms with van der Waals surface area (Å²) in [5, 5.41) is 3.45. The van der Waals surface area contributed by atoms with Crippen LogP contribution in [0.25, 0.3) is 10.4 Å². The summed E-state index contributed by atoms with van der Waals surface area (Å²) in [6.45, 7) is 7.60. The van der Waals surface area contributed by atoms with Crippen LogP contribution in [-0.2, 0) is 0 Å². The molecule has 0 aromatic carbocycles. The SMILES string of the molecule is C[Si](C)(C)C/C=C/CCN=[N+]=[N-]. The Kier molecular flexibility index (Phi) is 5.50. The van der Waals surface area contributed by atoms with Gasteiger partial charge in [-0.3, -0.25) is 0 Å². The van der Waals surface area contributed by atoms with Crippen LogP contribution in [0.4, 0.5) is 0 Å². The van der Waals surface area contributed by atoms with Crippen molar-refractivity contribution in [3.8, 4) is 0 Å². The van der Waals surface area contributed by atoms with E-state index in [9.17, 15) is 0 Å². The standard InChI is InChI=1S/C8H17N3Si/c1-12(2,3)8-6-4-5-7-10-11-9/h4,6H,5,7-8H2,1-3H3/b6-4+. The molecule has 0 amide bonds. The first-order valence-corrected chi connectivity index (χ1v) is 7.93. The molecule has 0 atom stereocenters. The molecule has 0 heterocycles. The van der Waals surface area contributed by atoms with Gasteiger partial charge < -0.3 is 0 Å². The highest BCUT2D eigenvalue weighted by Gasteiger charge is 2.08. The van der Waals surface area contributed by atoms with Crippen LogP contribution < -0.4 is 0 Å². The second kappa shape index (κ2) is 5.86. The van der Waals surface area contributed by atoms with E-state index < -0.39 is 8.07 Å². The van der Waals surface area contributed by atoms with E-state index in [1.54, 1.807) is 0 Å². The Balaban J connectivity index is 3.44. The van der Waals surface area contributed by atoms with Gasteiger partial charge in [0.1, 0.15) is 0 Å². The average molecular weight is 183 g/mol. The van der Waals surface area contributed by atoms with Crippen molar-refractivity contribution >= 4 is 8.07 Å². The largest absolute Gasteiger partial charge is 0.0937 e. The van der Waals surface area contributed by atoms with Crippen molar-refractivity contribution < 1.29 is 0 Å². The summed E-state index contributed by atoms with van der Waals surface area (Å²) in [7, 11) is -0.916. The van der Waals surface area contributed by atoms with E-state index >= 15 is 0 Å². The van der Waals surface area contributed by atoms with Crippen molar-refractivity contribution in [1.82, 2.24) is 0 Å². The molecule has 0 fully saturated rings. The highest BCUT2D eigenvalue weighted by Crippen LogP contribution is 2.08. The van der Waals surface area contributed by atoms with Gasteiger partial charge >= 0.3 is 0 Å². The molecule has 3 nitrogen and oxygen atoms in total. The number of nitrogens with zero attached hydrogens (tertiary/aromatic N) is 3. The molecular formula is C8H17N3Si. The van der Waals surface area contributed by atoms with Crippen LogP contribution in [0.5, 0.6) is 0 Å². The second-order valence-electron chi connectivity index (χ2n) is 3.98. The predicted octanol–water partition coefficient (Wildman–Crippen LogP) is 3.58. The van der Waals surface area contributed by atoms with E-state index in [0.717, 1.165) is 6.42 Å². The van der Waals surface area contributed by atoms with E-state index in [-0.39, 0.29) is 0 Å². The number of hydrogen-bond acceptors (Lipinski definition) is 1. The summed E-state index contributed by atoms with van der Waals surface area (Å²) in [5.74, 6) is 0. The monoisotopic (exact) mass is 183 g/mol. The number of allylic oxidation sites excluding steroid dienone is 1. The first-order chi connectivity index (χ1) is 5.56. The maximum absolute atomic E-state index is 7.99. The molecule has 0 aromatic rings. The Morgan fingerprint density at radius 2 is 2.00 bits per heavy atom. The van der Waals surface area contributed by atoms with E-state index in [1.807, 2.05) is 0 Å². The minimum Gasteiger partial charge on any atom is -0.0937 e. The molecule has 0 unspecified atom stereocenters. The molecule has 0 aliphatic heterocycles. The lowest BCUT2D eigenvalue weighted by Crippen LogP contribution is -2.17. The maximum Gasteiger partial charge on any atom is 0.0480 e. The van der Waals surface area contributed by atoms with Gasteiger partial charge in [0.25, 0.3) is 0 Å². The van der Waals surface area contributed by atoms with Crippen LogP contribution in [0.2, 0.25) is 25.7 Å². The molecule has 0 aromatic heterocycles. The van der Waals surface area contributed by atoms with E-state index in [0.29, 0.717) is 6.54 Å². The normalized spacial score (nSPS) is 11.6. The topological polar surface area (TPSA) is 48.8 Å². The summed E-state index contributed by atoms with van der Waals surface area (Å²) in [6.07, 6.45) is 5.18. The Bertz CT molecular complexity index is 187. The van der Waals surface area contributed by atoms with Crippen LogP contribution in [0.1, 0.15) is 6.42 Å². The first-order valence-electron chi connectivity index (χ1n) is 4.22. The zero-order chi connectivity index (χ0) is 9.45. The minimum atomic E-state index is -0.916. The van der Waals surface area contributed by atoms with Crippen LogP contribution in [-0.4, -0.2) is 14.6 Å². The predicted molar refractivity (Wildman–Crippen MR) is 55.9 cm³/mol. The third-order valence-electron chi connectivity index (χ3n) is 1.36. The zero-order valence-electron chi connectivity index (χ0n) is 8.12. The molecule has 0 radical (unpaired) electrons. The molecule has 4 heteroatoms. The van der Waals surface area contributed by atoms with Gasteiger partial charge in [0, 0.05) is 19.5 Å². The van der Waals surface area contributed by atoms with Gasteiger partial charge in [0.15, 0.2) is 0 Å². The summed E-state index contributed by atoms with van der Waals surface area (Å²) in [6, 6.07) is 1.21. The highest BCUT2D eigenvalue weighted by atomic mass is 28.3. The van der Waals surface area contributed by atoms with Crippen molar-refractivity contribution in [2.45, 2.75) is 32.1 Å². The van der Waals surface area contributed by atoms with Crippen molar-refractivity contribution in [2.75, 3.05) is 6.54 Å². The molecule has 68 valence electrons. The van der Waals surface area contributed by atoms with Gasteiger partial charge in [-0.2, -0.15) is 0 Å². The van der Waals surface area contributed by atoms with Gasteiger partial charge in [-0.1, -0.05) is 36.9 Å². The van der Waals surface area contributed by atoms with Crippen LogP contribution in [0.15, 0.2) is 17.3 Å². The van der Waals surface area contributed by atoms with E-state index in [1.165, 1.54) is 6.04 Å². The third kappa shape index (κ3) is 9.27. The Morgan fingerprint density at radius 3 is 2.50 bits per heavy atom. The third-order valence-corrected chi connectivity index (χ3v) is 2.82. The molecule has 0 bridgehead atoms. The van der Waals surface area contributed by atoms with Crippen molar-refractivity contribution in [2.24, 2.45) is 5.11 Å². The van der Waals surface area contributed by atoms with Crippen LogP contribution >= 0.6 is 0 Å². The molecule has 0 saturated heterocycles. The van der Waals surface area contributed by atoms with E-state index in [2.05, 4.69) is 41.8 Å². The minimum absolute atomic E-state index is 0.582. The van der Waals surface area contributed by atoms with Crippen LogP contribution in [0, 0.1) is 0 Å². The fourth-order valence-electron chi connectivity index (χ4n) is 0.732. The van der Waals surface area contributed by atoms with Gasteiger partial charge in [-0.05, 0) is 18.0 Å². The number of rotatable bonds is 5. The molecule has 0 spiro atoms. The summed E-state index contributed by atoms with van der Waals surface area (Å²) >= 11 is 0. The fraction of sp³-hybridized carbons (Fsp3) is 0.750. The van der Waals surface area contributed by atoms with Gasteiger partial charge in [-0.15, -0.1) is 0 Å². The lowest BCUT2D eigenvalue weighted by atomic mass is 10.4. The second-order valence-corrected chi connectivity index (χ2v) is 9.51. The lowest BCUT2D eigenvalue weighted by Gasteiger charge is -2.11. The maximum atomic E-state index is 7.99. The number of hydrogen-bond donors (Lipinski definition) is 0. The molecule has 0 N–H and O–H groups in total. The molecule has 12 heavy (non-hydrogen) atoms. The van der Waals surface area contributed by atoms with Gasteiger partial charge in [0.05, 0.1) is 0 Å². The quantitative estimate of drug-likeness (QED) is 0.156. The highest BCUT2D eigenvalue weighted by molar-refractivity contribution is 6.76. The fourth-order valence-corrected chi connectivity index (χ4v) is 1.61. The van der Waals surface area contributed by atoms with Crippen molar-refractivity contribution in [3.63, 3.8) is 0 Å². The summed E-state index contributed by atoms with van der Waals surface area (Å²) in [4.78, 5) is 2.68. The molecule has 0 saturated carbocycles.